The zero-order valence-electron chi connectivity index (χ0n) is 11.4. The Morgan fingerprint density at radius 2 is 1.94 bits per heavy atom. The SMILES string of the molecule is Cc1cc2c(cc1O)[C@@H](C)C[C@@H](O)[C@]2(O)C(C)C. The number of benzene rings is 1. The van der Waals surface area contributed by atoms with Crippen molar-refractivity contribution < 1.29 is 15.3 Å². The summed E-state index contributed by atoms with van der Waals surface area (Å²) in [4.78, 5) is 0. The van der Waals surface area contributed by atoms with Crippen LogP contribution in [0.2, 0.25) is 0 Å². The van der Waals surface area contributed by atoms with Crippen molar-refractivity contribution in [2.75, 3.05) is 0 Å². The van der Waals surface area contributed by atoms with Gasteiger partial charge in [-0.25, -0.2) is 0 Å². The van der Waals surface area contributed by atoms with Crippen LogP contribution in [0.25, 0.3) is 0 Å². The molecule has 18 heavy (non-hydrogen) atoms. The minimum absolute atomic E-state index is 0.0808. The Balaban J connectivity index is 2.69. The Kier molecular flexibility index (Phi) is 3.16. The molecule has 0 radical (unpaired) electrons. The summed E-state index contributed by atoms with van der Waals surface area (Å²) >= 11 is 0. The van der Waals surface area contributed by atoms with Crippen molar-refractivity contribution in [2.45, 2.75) is 51.7 Å². The van der Waals surface area contributed by atoms with Gasteiger partial charge in [0.2, 0.25) is 0 Å². The molecule has 3 atom stereocenters. The van der Waals surface area contributed by atoms with E-state index in [-0.39, 0.29) is 17.6 Å². The van der Waals surface area contributed by atoms with Crippen molar-refractivity contribution in [3.05, 3.63) is 28.8 Å². The van der Waals surface area contributed by atoms with Crippen molar-refractivity contribution in [1.29, 1.82) is 0 Å². The number of aryl methyl sites for hydroxylation is 1. The van der Waals surface area contributed by atoms with Gasteiger partial charge in [-0.05, 0) is 54.0 Å². The van der Waals surface area contributed by atoms with Gasteiger partial charge < -0.3 is 15.3 Å². The summed E-state index contributed by atoms with van der Waals surface area (Å²) in [5, 5.41) is 31.0. The van der Waals surface area contributed by atoms with E-state index in [0.29, 0.717) is 6.42 Å². The van der Waals surface area contributed by atoms with Gasteiger partial charge in [-0.1, -0.05) is 20.8 Å². The lowest BCUT2D eigenvalue weighted by molar-refractivity contribution is -0.124. The number of hydrogen-bond donors (Lipinski definition) is 3. The summed E-state index contributed by atoms with van der Waals surface area (Å²) in [6.07, 6.45) is -0.242. The van der Waals surface area contributed by atoms with Gasteiger partial charge >= 0.3 is 0 Å². The average molecular weight is 250 g/mol. The second-order valence-corrected chi connectivity index (χ2v) is 5.86. The smallest absolute Gasteiger partial charge is 0.118 e. The van der Waals surface area contributed by atoms with Crippen molar-refractivity contribution >= 4 is 0 Å². The number of hydrogen-bond acceptors (Lipinski definition) is 3. The number of aliphatic hydroxyl groups is 2. The molecule has 2 rings (SSSR count). The Bertz CT molecular complexity index is 467. The topological polar surface area (TPSA) is 60.7 Å². The van der Waals surface area contributed by atoms with E-state index in [0.717, 1.165) is 16.7 Å². The van der Waals surface area contributed by atoms with Gasteiger partial charge in [0.1, 0.15) is 11.4 Å². The number of phenolic OH excluding ortho intramolecular Hbond substituents is 1. The van der Waals surface area contributed by atoms with Crippen LogP contribution >= 0.6 is 0 Å². The molecular formula is C15H22O3. The van der Waals surface area contributed by atoms with E-state index in [9.17, 15) is 15.3 Å². The predicted molar refractivity (Wildman–Crippen MR) is 70.6 cm³/mol. The monoisotopic (exact) mass is 250 g/mol. The van der Waals surface area contributed by atoms with Crippen molar-refractivity contribution in [2.24, 2.45) is 5.92 Å². The molecule has 3 heteroatoms. The van der Waals surface area contributed by atoms with Crippen LogP contribution < -0.4 is 0 Å². The molecule has 0 fully saturated rings. The molecule has 1 aliphatic rings. The van der Waals surface area contributed by atoms with Crippen LogP contribution in [0.5, 0.6) is 5.75 Å². The zero-order chi connectivity index (χ0) is 13.7. The van der Waals surface area contributed by atoms with E-state index >= 15 is 0 Å². The highest BCUT2D eigenvalue weighted by Crippen LogP contribution is 2.46. The molecule has 0 spiro atoms. The highest BCUT2D eigenvalue weighted by atomic mass is 16.3. The molecule has 0 saturated heterocycles. The maximum atomic E-state index is 10.9. The quantitative estimate of drug-likeness (QED) is 0.717. The van der Waals surface area contributed by atoms with Crippen LogP contribution in [0.15, 0.2) is 12.1 Å². The van der Waals surface area contributed by atoms with Crippen LogP contribution in [0.4, 0.5) is 0 Å². The first kappa shape index (κ1) is 13.4. The van der Waals surface area contributed by atoms with Gasteiger partial charge in [-0.3, -0.25) is 0 Å². The molecule has 0 saturated carbocycles. The number of aromatic hydroxyl groups is 1. The molecule has 3 nitrogen and oxygen atoms in total. The molecule has 0 unspecified atom stereocenters. The Labute approximate surface area is 108 Å². The molecule has 0 bridgehead atoms. The Morgan fingerprint density at radius 3 is 2.50 bits per heavy atom. The minimum Gasteiger partial charge on any atom is -0.508 e. The fourth-order valence-electron chi connectivity index (χ4n) is 2.98. The minimum atomic E-state index is -1.22. The Morgan fingerprint density at radius 1 is 1.33 bits per heavy atom. The van der Waals surface area contributed by atoms with Gasteiger partial charge in [0.25, 0.3) is 0 Å². The number of fused-ring (bicyclic) bond motifs is 1. The van der Waals surface area contributed by atoms with Gasteiger partial charge in [0, 0.05) is 0 Å². The fraction of sp³-hybridized carbons (Fsp3) is 0.600. The molecule has 0 amide bonds. The predicted octanol–water partition coefficient (Wildman–Crippen LogP) is 2.41. The molecule has 0 heterocycles. The third-order valence-corrected chi connectivity index (χ3v) is 4.30. The van der Waals surface area contributed by atoms with Crippen molar-refractivity contribution in [3.63, 3.8) is 0 Å². The van der Waals surface area contributed by atoms with Crippen LogP contribution in [0, 0.1) is 12.8 Å². The summed E-state index contributed by atoms with van der Waals surface area (Å²) in [7, 11) is 0. The number of phenols is 1. The lowest BCUT2D eigenvalue weighted by atomic mass is 9.67. The summed E-state index contributed by atoms with van der Waals surface area (Å²) in [6.45, 7) is 7.63. The van der Waals surface area contributed by atoms with Crippen LogP contribution in [-0.4, -0.2) is 21.4 Å². The van der Waals surface area contributed by atoms with E-state index in [4.69, 9.17) is 0 Å². The highest BCUT2D eigenvalue weighted by Gasteiger charge is 2.46. The summed E-state index contributed by atoms with van der Waals surface area (Å²) in [5.41, 5.74) is 1.22. The van der Waals surface area contributed by atoms with E-state index in [1.165, 1.54) is 0 Å². The first-order valence-corrected chi connectivity index (χ1v) is 6.52. The van der Waals surface area contributed by atoms with Crippen molar-refractivity contribution in [3.8, 4) is 5.75 Å². The number of rotatable bonds is 1. The Hall–Kier alpha value is -1.06. The molecule has 100 valence electrons. The van der Waals surface area contributed by atoms with Gasteiger partial charge in [-0.15, -0.1) is 0 Å². The summed E-state index contributed by atoms with van der Waals surface area (Å²) in [5.74, 6) is 0.311. The standard InChI is InChI=1S/C15H22O3/c1-8(2)15(18)12-5-10(4)13(16)7-11(12)9(3)6-14(15)17/h5,7-9,14,16-18H,6H2,1-4H3/t9-,14+,15-/m0/s1. The molecule has 0 aliphatic heterocycles. The van der Waals surface area contributed by atoms with E-state index < -0.39 is 11.7 Å². The molecular weight excluding hydrogens is 228 g/mol. The molecule has 1 aliphatic carbocycles. The summed E-state index contributed by atoms with van der Waals surface area (Å²) in [6, 6.07) is 3.54. The first-order chi connectivity index (χ1) is 8.28. The third kappa shape index (κ3) is 1.73. The fourth-order valence-corrected chi connectivity index (χ4v) is 2.98. The molecule has 0 aromatic heterocycles. The highest BCUT2D eigenvalue weighted by molar-refractivity contribution is 5.47. The second-order valence-electron chi connectivity index (χ2n) is 5.86. The normalized spacial score (nSPS) is 31.5. The maximum absolute atomic E-state index is 10.9. The van der Waals surface area contributed by atoms with Gasteiger partial charge in [0.15, 0.2) is 0 Å². The zero-order valence-corrected chi connectivity index (χ0v) is 11.4. The van der Waals surface area contributed by atoms with Crippen LogP contribution in [0.3, 0.4) is 0 Å². The van der Waals surface area contributed by atoms with E-state index in [2.05, 4.69) is 0 Å². The largest absolute Gasteiger partial charge is 0.508 e. The first-order valence-electron chi connectivity index (χ1n) is 6.52. The van der Waals surface area contributed by atoms with Gasteiger partial charge in [-0.2, -0.15) is 0 Å². The maximum Gasteiger partial charge on any atom is 0.118 e. The van der Waals surface area contributed by atoms with Crippen LogP contribution in [0.1, 0.15) is 49.8 Å². The summed E-state index contributed by atoms with van der Waals surface area (Å²) < 4.78 is 0. The third-order valence-electron chi connectivity index (χ3n) is 4.30. The average Bonchev–Trinajstić information content (AvgIpc) is 2.28. The van der Waals surface area contributed by atoms with E-state index in [1.807, 2.05) is 33.8 Å². The lowest BCUT2D eigenvalue weighted by Crippen LogP contribution is -2.48. The molecule has 1 aromatic rings. The second kappa shape index (κ2) is 4.25. The van der Waals surface area contributed by atoms with Crippen LogP contribution in [-0.2, 0) is 5.60 Å². The molecule has 1 aromatic carbocycles. The number of aliphatic hydroxyl groups excluding tert-OH is 1. The van der Waals surface area contributed by atoms with E-state index in [1.54, 1.807) is 6.07 Å². The van der Waals surface area contributed by atoms with Gasteiger partial charge in [0.05, 0.1) is 6.10 Å². The van der Waals surface area contributed by atoms with Crippen molar-refractivity contribution in [1.82, 2.24) is 0 Å². The lowest BCUT2D eigenvalue weighted by Gasteiger charge is -2.44. The molecule has 3 N–H and O–H groups in total.